The van der Waals surface area contributed by atoms with Crippen molar-refractivity contribution in [1.29, 1.82) is 0 Å². The van der Waals surface area contributed by atoms with Gasteiger partial charge in [0.05, 0.1) is 17.5 Å². The van der Waals surface area contributed by atoms with Gasteiger partial charge in [0.25, 0.3) is 0 Å². The van der Waals surface area contributed by atoms with Crippen LogP contribution in [-0.2, 0) is 7.05 Å². The van der Waals surface area contributed by atoms with Crippen molar-refractivity contribution in [1.82, 2.24) is 9.78 Å². The quantitative estimate of drug-likeness (QED) is 0.757. The second-order valence-electron chi connectivity index (χ2n) is 4.47. The molecule has 1 aromatic heterocycles. The number of carbonyl (C=O) groups excluding carboxylic acids is 1. The van der Waals surface area contributed by atoms with Crippen molar-refractivity contribution in [2.24, 2.45) is 7.05 Å². The lowest BCUT2D eigenvalue weighted by Crippen LogP contribution is -1.96. The third-order valence-electron chi connectivity index (χ3n) is 2.94. The maximum atomic E-state index is 10.9. The predicted molar refractivity (Wildman–Crippen MR) is 68.1 cm³/mol. The van der Waals surface area contributed by atoms with Gasteiger partial charge in [-0.1, -0.05) is 38.1 Å². The zero-order chi connectivity index (χ0) is 12.4. The molecule has 0 bridgehead atoms. The van der Waals surface area contributed by atoms with E-state index in [9.17, 15) is 4.79 Å². The molecule has 0 fully saturated rings. The normalized spacial score (nSPS) is 10.8. The molecule has 0 spiro atoms. The molecule has 0 amide bonds. The van der Waals surface area contributed by atoms with Gasteiger partial charge in [-0.05, 0) is 11.5 Å². The van der Waals surface area contributed by atoms with Crippen LogP contribution < -0.4 is 0 Å². The molecule has 0 radical (unpaired) electrons. The lowest BCUT2D eigenvalue weighted by atomic mass is 10.00. The Labute approximate surface area is 101 Å². The Morgan fingerprint density at radius 3 is 2.41 bits per heavy atom. The Kier molecular flexibility index (Phi) is 3.09. The number of aldehydes is 1. The monoisotopic (exact) mass is 228 g/mol. The minimum Gasteiger partial charge on any atom is -0.298 e. The van der Waals surface area contributed by atoms with Crippen LogP contribution in [0.1, 0.15) is 35.7 Å². The van der Waals surface area contributed by atoms with E-state index in [0.29, 0.717) is 11.5 Å². The van der Waals surface area contributed by atoms with Gasteiger partial charge in [0.1, 0.15) is 0 Å². The number of benzene rings is 1. The molecular formula is C14H16N2O. The highest BCUT2D eigenvalue weighted by molar-refractivity contribution is 5.85. The summed E-state index contributed by atoms with van der Waals surface area (Å²) in [6, 6.07) is 8.28. The van der Waals surface area contributed by atoms with Gasteiger partial charge in [0.2, 0.25) is 0 Å². The van der Waals surface area contributed by atoms with E-state index in [1.165, 1.54) is 5.56 Å². The molecule has 0 atom stereocenters. The number of hydrogen-bond acceptors (Lipinski definition) is 2. The Bertz CT molecular complexity index is 524. The fraction of sp³-hybridized carbons (Fsp3) is 0.286. The predicted octanol–water partition coefficient (Wildman–Crippen LogP) is 3.02. The minimum absolute atomic E-state index is 0.515. The Morgan fingerprint density at radius 2 is 1.88 bits per heavy atom. The minimum atomic E-state index is 0.515. The first-order chi connectivity index (χ1) is 8.13. The van der Waals surface area contributed by atoms with Crippen molar-refractivity contribution in [3.8, 4) is 11.3 Å². The molecule has 0 saturated carbocycles. The highest BCUT2D eigenvalue weighted by Crippen LogP contribution is 2.24. The van der Waals surface area contributed by atoms with Gasteiger partial charge < -0.3 is 0 Å². The summed E-state index contributed by atoms with van der Waals surface area (Å²) in [5.41, 5.74) is 3.82. The lowest BCUT2D eigenvalue weighted by molar-refractivity contribution is 0.112. The Hall–Kier alpha value is -1.90. The van der Waals surface area contributed by atoms with E-state index >= 15 is 0 Å². The van der Waals surface area contributed by atoms with Gasteiger partial charge in [-0.2, -0.15) is 5.10 Å². The Morgan fingerprint density at radius 1 is 1.24 bits per heavy atom. The van der Waals surface area contributed by atoms with E-state index in [1.54, 1.807) is 10.9 Å². The maximum absolute atomic E-state index is 10.9. The number of carbonyl (C=O) groups is 1. The first kappa shape index (κ1) is 11.6. The van der Waals surface area contributed by atoms with Gasteiger partial charge in [-0.15, -0.1) is 0 Å². The molecule has 3 heteroatoms. The van der Waals surface area contributed by atoms with Crippen LogP contribution in [0.25, 0.3) is 11.3 Å². The second-order valence-corrected chi connectivity index (χ2v) is 4.47. The number of aryl methyl sites for hydroxylation is 1. The molecule has 0 saturated heterocycles. The van der Waals surface area contributed by atoms with E-state index in [4.69, 9.17) is 0 Å². The van der Waals surface area contributed by atoms with Crippen molar-refractivity contribution < 1.29 is 4.79 Å². The van der Waals surface area contributed by atoms with Crippen LogP contribution in [-0.4, -0.2) is 16.1 Å². The summed E-state index contributed by atoms with van der Waals surface area (Å²) in [6.07, 6.45) is 2.44. The first-order valence-corrected chi connectivity index (χ1v) is 5.71. The van der Waals surface area contributed by atoms with Crippen LogP contribution in [0, 0.1) is 0 Å². The first-order valence-electron chi connectivity index (χ1n) is 5.71. The van der Waals surface area contributed by atoms with E-state index in [0.717, 1.165) is 17.5 Å². The van der Waals surface area contributed by atoms with E-state index in [2.05, 4.69) is 31.1 Å². The highest BCUT2D eigenvalue weighted by Gasteiger charge is 2.10. The third-order valence-corrected chi connectivity index (χ3v) is 2.94. The largest absolute Gasteiger partial charge is 0.298 e. The summed E-state index contributed by atoms with van der Waals surface area (Å²) in [6.45, 7) is 4.33. The molecule has 1 aromatic carbocycles. The molecule has 0 aliphatic rings. The molecule has 2 aromatic rings. The van der Waals surface area contributed by atoms with Gasteiger partial charge in [-0.3, -0.25) is 9.48 Å². The molecule has 0 N–H and O–H groups in total. The fourth-order valence-electron chi connectivity index (χ4n) is 1.92. The van der Waals surface area contributed by atoms with Crippen molar-refractivity contribution >= 4 is 6.29 Å². The van der Waals surface area contributed by atoms with Gasteiger partial charge in [0, 0.05) is 12.6 Å². The van der Waals surface area contributed by atoms with Gasteiger partial charge in [0.15, 0.2) is 6.29 Å². The molecular weight excluding hydrogens is 212 g/mol. The zero-order valence-electron chi connectivity index (χ0n) is 10.3. The number of aromatic nitrogens is 2. The van der Waals surface area contributed by atoms with Crippen molar-refractivity contribution in [2.75, 3.05) is 0 Å². The molecule has 88 valence electrons. The molecule has 3 nitrogen and oxygen atoms in total. The van der Waals surface area contributed by atoms with Crippen LogP contribution in [0.2, 0.25) is 0 Å². The summed E-state index contributed by atoms with van der Waals surface area (Å²) in [4.78, 5) is 10.9. The zero-order valence-corrected chi connectivity index (χ0v) is 10.3. The van der Waals surface area contributed by atoms with Crippen LogP contribution in [0.5, 0.6) is 0 Å². The average molecular weight is 228 g/mol. The molecule has 17 heavy (non-hydrogen) atoms. The summed E-state index contributed by atoms with van der Waals surface area (Å²) in [5.74, 6) is 0.515. The SMILES string of the molecule is CC(C)c1ccc(-c2c(C=O)cnn2C)cc1. The molecule has 1 heterocycles. The summed E-state index contributed by atoms with van der Waals surface area (Å²) >= 11 is 0. The Balaban J connectivity index is 2.46. The second kappa shape index (κ2) is 4.53. The van der Waals surface area contributed by atoms with Crippen LogP contribution in [0.4, 0.5) is 0 Å². The van der Waals surface area contributed by atoms with E-state index in [1.807, 2.05) is 19.2 Å². The number of nitrogens with zero attached hydrogens (tertiary/aromatic N) is 2. The van der Waals surface area contributed by atoms with Gasteiger partial charge >= 0.3 is 0 Å². The lowest BCUT2D eigenvalue weighted by Gasteiger charge is -2.07. The maximum Gasteiger partial charge on any atom is 0.153 e. The molecule has 0 unspecified atom stereocenters. The van der Waals surface area contributed by atoms with Gasteiger partial charge in [-0.25, -0.2) is 0 Å². The summed E-state index contributed by atoms with van der Waals surface area (Å²) in [5, 5.41) is 4.11. The van der Waals surface area contributed by atoms with Crippen LogP contribution in [0.3, 0.4) is 0 Å². The summed E-state index contributed by atoms with van der Waals surface area (Å²) in [7, 11) is 1.85. The van der Waals surface area contributed by atoms with Crippen molar-refractivity contribution in [2.45, 2.75) is 19.8 Å². The number of rotatable bonds is 3. The van der Waals surface area contributed by atoms with Crippen LogP contribution in [0.15, 0.2) is 30.5 Å². The standard InChI is InChI=1S/C14H16N2O/c1-10(2)11-4-6-12(7-5-11)14-13(9-17)8-15-16(14)3/h4-10H,1-3H3. The van der Waals surface area contributed by atoms with E-state index < -0.39 is 0 Å². The number of hydrogen-bond donors (Lipinski definition) is 0. The molecule has 0 aliphatic heterocycles. The van der Waals surface area contributed by atoms with E-state index in [-0.39, 0.29) is 0 Å². The fourth-order valence-corrected chi connectivity index (χ4v) is 1.92. The molecule has 0 aliphatic carbocycles. The average Bonchev–Trinajstić information content (AvgIpc) is 2.70. The summed E-state index contributed by atoms with van der Waals surface area (Å²) < 4.78 is 1.73. The third kappa shape index (κ3) is 2.13. The molecule has 2 rings (SSSR count). The smallest absolute Gasteiger partial charge is 0.153 e. The highest BCUT2D eigenvalue weighted by atomic mass is 16.1. The van der Waals surface area contributed by atoms with Crippen molar-refractivity contribution in [3.63, 3.8) is 0 Å². The topological polar surface area (TPSA) is 34.9 Å². The van der Waals surface area contributed by atoms with Crippen LogP contribution >= 0.6 is 0 Å². The van der Waals surface area contributed by atoms with Crippen molar-refractivity contribution in [3.05, 3.63) is 41.6 Å².